The van der Waals surface area contributed by atoms with Crippen LogP contribution in [0.25, 0.3) is 0 Å². The van der Waals surface area contributed by atoms with Gasteiger partial charge in [0, 0.05) is 6.54 Å². The number of anilines is 1. The van der Waals surface area contributed by atoms with Crippen molar-refractivity contribution >= 4 is 33.4 Å². The maximum atomic E-state index is 13.3. The fourth-order valence-electron chi connectivity index (χ4n) is 2.94. The zero-order chi connectivity index (χ0) is 22.8. The number of methoxy groups -OCH3 is 1. The van der Waals surface area contributed by atoms with E-state index < -0.39 is 10.0 Å². The average molecular weight is 475 g/mol. The van der Waals surface area contributed by atoms with Crippen LogP contribution in [0.2, 0.25) is 0 Å². The summed E-state index contributed by atoms with van der Waals surface area (Å²) in [5, 5.41) is 2.82. The molecule has 0 atom stereocenters. The van der Waals surface area contributed by atoms with Crippen molar-refractivity contribution in [2.75, 3.05) is 30.3 Å². The third-order valence-corrected chi connectivity index (χ3v) is 7.44. The number of hydrogen-bond acceptors (Lipinski definition) is 6. The molecule has 0 aliphatic heterocycles. The summed E-state index contributed by atoms with van der Waals surface area (Å²) in [4.78, 5) is 12.7. The van der Waals surface area contributed by atoms with Gasteiger partial charge in [0.2, 0.25) is 5.91 Å². The second-order valence-corrected chi connectivity index (χ2v) is 9.83. The van der Waals surface area contributed by atoms with Gasteiger partial charge in [0.25, 0.3) is 10.0 Å². The number of nitrogens with zero attached hydrogens (tertiary/aromatic N) is 1. The number of carbonyl (C=O) groups is 1. The first-order chi connectivity index (χ1) is 15.5. The minimum absolute atomic E-state index is 0.123. The molecule has 0 spiro atoms. The van der Waals surface area contributed by atoms with E-state index in [-0.39, 0.29) is 17.3 Å². The van der Waals surface area contributed by atoms with Crippen LogP contribution in [0.15, 0.2) is 82.3 Å². The summed E-state index contributed by atoms with van der Waals surface area (Å²) >= 11 is 1.72. The quantitative estimate of drug-likeness (QED) is 0.400. The van der Waals surface area contributed by atoms with Gasteiger partial charge in [-0.05, 0) is 60.7 Å². The molecule has 3 rings (SSSR count). The fourth-order valence-corrected chi connectivity index (χ4v) is 5.24. The molecule has 2 aromatic carbocycles. The molecular weight excluding hydrogens is 448 g/mol. The summed E-state index contributed by atoms with van der Waals surface area (Å²) < 4.78 is 38.1. The predicted molar refractivity (Wildman–Crippen MR) is 126 cm³/mol. The lowest BCUT2D eigenvalue weighted by atomic mass is 10.3. The molecule has 3 aromatic rings. The molecule has 32 heavy (non-hydrogen) atoms. The van der Waals surface area contributed by atoms with Crippen LogP contribution in [0, 0.1) is 0 Å². The van der Waals surface area contributed by atoms with Gasteiger partial charge in [-0.3, -0.25) is 9.10 Å². The smallest absolute Gasteiger partial charge is 0.264 e. The third-order valence-electron chi connectivity index (χ3n) is 4.59. The van der Waals surface area contributed by atoms with E-state index in [4.69, 9.17) is 9.15 Å². The maximum Gasteiger partial charge on any atom is 0.264 e. The fraction of sp³-hybridized carbons (Fsp3) is 0.261. The van der Waals surface area contributed by atoms with Crippen LogP contribution in [0.3, 0.4) is 0 Å². The number of benzene rings is 2. The molecule has 9 heteroatoms. The Bertz CT molecular complexity index is 1070. The third kappa shape index (κ3) is 6.54. The van der Waals surface area contributed by atoms with E-state index >= 15 is 0 Å². The average Bonchev–Trinajstić information content (AvgIpc) is 3.34. The van der Waals surface area contributed by atoms with Gasteiger partial charge < -0.3 is 14.5 Å². The number of ether oxygens (including phenoxy) is 1. The number of nitrogens with one attached hydrogen (secondary N) is 1. The summed E-state index contributed by atoms with van der Waals surface area (Å²) in [6.07, 6.45) is 2.42. The van der Waals surface area contributed by atoms with Crippen LogP contribution in [0.1, 0.15) is 12.2 Å². The topological polar surface area (TPSA) is 88.8 Å². The van der Waals surface area contributed by atoms with Crippen molar-refractivity contribution in [1.29, 1.82) is 0 Å². The molecule has 1 N–H and O–H groups in total. The largest absolute Gasteiger partial charge is 0.497 e. The summed E-state index contributed by atoms with van der Waals surface area (Å²) in [6.45, 7) is 0.148. The number of thioether (sulfide) groups is 1. The lowest BCUT2D eigenvalue weighted by molar-refractivity contribution is -0.119. The summed E-state index contributed by atoms with van der Waals surface area (Å²) in [6, 6.07) is 18.4. The van der Waals surface area contributed by atoms with Gasteiger partial charge in [0.1, 0.15) is 18.1 Å². The molecule has 0 radical (unpaired) electrons. The van der Waals surface area contributed by atoms with Crippen molar-refractivity contribution in [3.63, 3.8) is 0 Å². The number of sulfonamides is 1. The number of furan rings is 1. The summed E-state index contributed by atoms with van der Waals surface area (Å²) in [5.41, 5.74) is 0.388. The molecule has 1 aromatic heterocycles. The first-order valence-electron chi connectivity index (χ1n) is 10.1. The standard InChI is InChI=1S/C23H26N2O5S2/c1-29-20-12-10-19(11-13-20)25(32(27,28)22-8-3-2-4-9-22)17-23(26)24-14-6-16-31-18-21-7-5-15-30-21/h2-5,7-13,15H,6,14,16-18H2,1H3,(H,24,26). The second kappa shape index (κ2) is 11.6. The SMILES string of the molecule is COc1ccc(N(CC(=O)NCCCSCc2ccco2)S(=O)(=O)c2ccccc2)cc1. The zero-order valence-corrected chi connectivity index (χ0v) is 19.4. The Hall–Kier alpha value is -2.91. The lowest BCUT2D eigenvalue weighted by Gasteiger charge is -2.24. The van der Waals surface area contributed by atoms with E-state index in [2.05, 4.69) is 5.32 Å². The van der Waals surface area contributed by atoms with Crippen LogP contribution < -0.4 is 14.4 Å². The number of carbonyl (C=O) groups excluding carboxylic acids is 1. The molecule has 0 saturated carbocycles. The Morgan fingerprint density at radius 1 is 1.06 bits per heavy atom. The predicted octanol–water partition coefficient (Wildman–Crippen LogP) is 3.92. The van der Waals surface area contributed by atoms with Crippen LogP contribution in [0.4, 0.5) is 5.69 Å². The van der Waals surface area contributed by atoms with E-state index in [1.807, 2.05) is 12.1 Å². The van der Waals surface area contributed by atoms with E-state index in [1.165, 1.54) is 19.2 Å². The van der Waals surface area contributed by atoms with Gasteiger partial charge >= 0.3 is 0 Å². The minimum atomic E-state index is -3.92. The number of hydrogen-bond donors (Lipinski definition) is 1. The van der Waals surface area contributed by atoms with Crippen LogP contribution >= 0.6 is 11.8 Å². The van der Waals surface area contributed by atoms with E-state index in [0.29, 0.717) is 18.0 Å². The molecule has 170 valence electrons. The van der Waals surface area contributed by atoms with Gasteiger partial charge in [0.15, 0.2) is 0 Å². The number of amides is 1. The van der Waals surface area contributed by atoms with Gasteiger partial charge in [-0.25, -0.2) is 8.42 Å². The normalized spacial score (nSPS) is 11.2. The Morgan fingerprint density at radius 3 is 2.47 bits per heavy atom. The van der Waals surface area contributed by atoms with E-state index in [1.54, 1.807) is 60.5 Å². The molecule has 1 heterocycles. The van der Waals surface area contributed by atoms with Crippen molar-refractivity contribution in [3.8, 4) is 5.75 Å². The summed E-state index contributed by atoms with van der Waals surface area (Å²) in [7, 11) is -2.38. The first kappa shape index (κ1) is 23.7. The molecule has 0 fully saturated rings. The first-order valence-corrected chi connectivity index (χ1v) is 12.7. The van der Waals surface area contributed by atoms with Crippen LogP contribution in [-0.4, -0.2) is 40.3 Å². The van der Waals surface area contributed by atoms with Crippen LogP contribution in [0.5, 0.6) is 5.75 Å². The monoisotopic (exact) mass is 474 g/mol. The van der Waals surface area contributed by atoms with Gasteiger partial charge in [-0.2, -0.15) is 11.8 Å². The van der Waals surface area contributed by atoms with E-state index in [9.17, 15) is 13.2 Å². The van der Waals surface area contributed by atoms with Crippen molar-refractivity contribution in [1.82, 2.24) is 5.32 Å². The van der Waals surface area contributed by atoms with Crippen molar-refractivity contribution in [2.45, 2.75) is 17.1 Å². The Morgan fingerprint density at radius 2 is 1.81 bits per heavy atom. The zero-order valence-electron chi connectivity index (χ0n) is 17.8. The highest BCUT2D eigenvalue weighted by atomic mass is 32.2. The van der Waals surface area contributed by atoms with Gasteiger partial charge in [-0.15, -0.1) is 0 Å². The maximum absolute atomic E-state index is 13.3. The molecule has 0 unspecified atom stereocenters. The van der Waals surface area contributed by atoms with Gasteiger partial charge in [-0.1, -0.05) is 18.2 Å². The highest BCUT2D eigenvalue weighted by molar-refractivity contribution is 7.98. The molecule has 0 saturated heterocycles. The van der Waals surface area contributed by atoms with Crippen molar-refractivity contribution in [3.05, 3.63) is 78.8 Å². The molecule has 0 bridgehead atoms. The van der Waals surface area contributed by atoms with Crippen LogP contribution in [-0.2, 0) is 20.6 Å². The number of rotatable bonds is 12. The lowest BCUT2D eigenvalue weighted by Crippen LogP contribution is -2.41. The van der Waals surface area contributed by atoms with E-state index in [0.717, 1.165) is 28.0 Å². The highest BCUT2D eigenvalue weighted by Crippen LogP contribution is 2.25. The molecule has 1 amide bonds. The van der Waals surface area contributed by atoms with Gasteiger partial charge in [0.05, 0.1) is 29.7 Å². The Labute approximate surface area is 192 Å². The minimum Gasteiger partial charge on any atom is -0.497 e. The van der Waals surface area contributed by atoms with Crippen molar-refractivity contribution in [2.24, 2.45) is 0 Å². The van der Waals surface area contributed by atoms with Crippen molar-refractivity contribution < 1.29 is 22.4 Å². The second-order valence-electron chi connectivity index (χ2n) is 6.86. The highest BCUT2D eigenvalue weighted by Gasteiger charge is 2.27. The molecule has 0 aliphatic rings. The summed E-state index contributed by atoms with van der Waals surface area (Å²) in [5.74, 6) is 2.78. The molecule has 7 nitrogen and oxygen atoms in total. The Kier molecular flexibility index (Phi) is 8.64. The Balaban J connectivity index is 1.61. The molecular formula is C23H26N2O5S2. The molecule has 0 aliphatic carbocycles.